The standard InChI is InChI=1S/C19H18N4O2/c24-18(12-23-13-20-21-19(23)25)22-10-15-8-4-5-9-16(15)17(11-22)14-6-2-1-3-7-14/h1-9,13,17H,10-12H2,(H,21,25)/t17-/m1/s1. The first-order valence-electron chi connectivity index (χ1n) is 8.22. The molecule has 0 unspecified atom stereocenters. The van der Waals surface area contributed by atoms with Gasteiger partial charge in [-0.25, -0.2) is 9.89 Å². The molecule has 1 aliphatic rings. The van der Waals surface area contributed by atoms with Crippen LogP contribution < -0.4 is 5.69 Å². The number of amides is 1. The van der Waals surface area contributed by atoms with Crippen LogP contribution in [0, 0.1) is 0 Å². The second kappa shape index (κ2) is 6.39. The predicted molar refractivity (Wildman–Crippen MR) is 93.0 cm³/mol. The van der Waals surface area contributed by atoms with Crippen LogP contribution in [-0.4, -0.2) is 32.1 Å². The van der Waals surface area contributed by atoms with E-state index in [2.05, 4.69) is 34.5 Å². The monoisotopic (exact) mass is 334 g/mol. The van der Waals surface area contributed by atoms with Gasteiger partial charge < -0.3 is 4.90 Å². The predicted octanol–water partition coefficient (Wildman–Crippen LogP) is 1.75. The van der Waals surface area contributed by atoms with E-state index in [1.54, 1.807) is 0 Å². The van der Waals surface area contributed by atoms with Crippen molar-refractivity contribution in [3.63, 3.8) is 0 Å². The fourth-order valence-electron chi connectivity index (χ4n) is 3.40. The van der Waals surface area contributed by atoms with Gasteiger partial charge in [-0.1, -0.05) is 54.6 Å². The molecule has 25 heavy (non-hydrogen) atoms. The number of aromatic nitrogens is 3. The highest BCUT2D eigenvalue weighted by Crippen LogP contribution is 2.33. The smallest absolute Gasteiger partial charge is 0.336 e. The lowest BCUT2D eigenvalue weighted by atomic mass is 9.84. The number of nitrogens with zero attached hydrogens (tertiary/aromatic N) is 3. The molecule has 6 nitrogen and oxygen atoms in total. The van der Waals surface area contributed by atoms with E-state index in [9.17, 15) is 9.59 Å². The molecule has 0 radical (unpaired) electrons. The summed E-state index contributed by atoms with van der Waals surface area (Å²) in [5.74, 6) is 0.0510. The van der Waals surface area contributed by atoms with Crippen molar-refractivity contribution in [1.82, 2.24) is 19.7 Å². The Morgan fingerprint density at radius 2 is 1.88 bits per heavy atom. The topological polar surface area (TPSA) is 71.0 Å². The molecule has 6 heteroatoms. The lowest BCUT2D eigenvalue weighted by molar-refractivity contribution is -0.133. The lowest BCUT2D eigenvalue weighted by Crippen LogP contribution is -2.41. The van der Waals surface area contributed by atoms with Crippen LogP contribution in [0.15, 0.2) is 65.7 Å². The average Bonchev–Trinajstić information content (AvgIpc) is 3.06. The van der Waals surface area contributed by atoms with Gasteiger partial charge in [0.15, 0.2) is 0 Å². The Balaban J connectivity index is 1.64. The highest BCUT2D eigenvalue weighted by atomic mass is 16.2. The van der Waals surface area contributed by atoms with Crippen LogP contribution in [0.4, 0.5) is 0 Å². The molecule has 4 rings (SSSR count). The molecule has 0 spiro atoms. The minimum atomic E-state index is -0.370. The fraction of sp³-hybridized carbons (Fsp3) is 0.211. The number of carbonyl (C=O) groups excluding carboxylic acids is 1. The summed E-state index contributed by atoms with van der Waals surface area (Å²) in [4.78, 5) is 26.1. The van der Waals surface area contributed by atoms with Crippen molar-refractivity contribution in [2.75, 3.05) is 6.54 Å². The third-order valence-electron chi connectivity index (χ3n) is 4.67. The van der Waals surface area contributed by atoms with E-state index in [0.29, 0.717) is 13.1 Å². The zero-order chi connectivity index (χ0) is 17.2. The maximum atomic E-state index is 12.7. The molecule has 0 aliphatic carbocycles. The Kier molecular flexibility index (Phi) is 3.93. The molecule has 1 amide bonds. The van der Waals surface area contributed by atoms with E-state index in [1.165, 1.54) is 22.0 Å². The molecule has 126 valence electrons. The second-order valence-electron chi connectivity index (χ2n) is 6.23. The van der Waals surface area contributed by atoms with E-state index in [-0.39, 0.29) is 24.1 Å². The lowest BCUT2D eigenvalue weighted by Gasteiger charge is -2.35. The molecular weight excluding hydrogens is 316 g/mol. The number of benzene rings is 2. The Morgan fingerprint density at radius 3 is 2.64 bits per heavy atom. The van der Waals surface area contributed by atoms with E-state index in [1.807, 2.05) is 35.2 Å². The van der Waals surface area contributed by atoms with Crippen LogP contribution in [0.5, 0.6) is 0 Å². The molecule has 1 N–H and O–H groups in total. The molecule has 3 aromatic rings. The first-order valence-corrected chi connectivity index (χ1v) is 8.22. The zero-order valence-corrected chi connectivity index (χ0v) is 13.6. The highest BCUT2D eigenvalue weighted by molar-refractivity contribution is 5.76. The van der Waals surface area contributed by atoms with E-state index in [0.717, 1.165) is 5.56 Å². The second-order valence-corrected chi connectivity index (χ2v) is 6.23. The molecule has 1 aliphatic heterocycles. The van der Waals surface area contributed by atoms with Crippen LogP contribution in [0.3, 0.4) is 0 Å². The Bertz CT molecular complexity index is 945. The molecule has 0 saturated carbocycles. The number of fused-ring (bicyclic) bond motifs is 1. The maximum Gasteiger partial charge on any atom is 0.343 e. The molecule has 2 heterocycles. The van der Waals surface area contributed by atoms with Gasteiger partial charge in [0.05, 0.1) is 0 Å². The van der Waals surface area contributed by atoms with Gasteiger partial charge in [0.2, 0.25) is 5.91 Å². The quantitative estimate of drug-likeness (QED) is 0.793. The third kappa shape index (κ3) is 2.98. The van der Waals surface area contributed by atoms with Crippen molar-refractivity contribution >= 4 is 5.91 Å². The van der Waals surface area contributed by atoms with Gasteiger partial charge in [-0.2, -0.15) is 5.10 Å². The number of hydrogen-bond acceptors (Lipinski definition) is 3. The van der Waals surface area contributed by atoms with Gasteiger partial charge in [-0.05, 0) is 16.7 Å². The molecule has 0 bridgehead atoms. The minimum Gasteiger partial charge on any atom is -0.336 e. The highest BCUT2D eigenvalue weighted by Gasteiger charge is 2.29. The zero-order valence-electron chi connectivity index (χ0n) is 13.6. The minimum absolute atomic E-state index is 0.000982. The summed E-state index contributed by atoms with van der Waals surface area (Å²) in [6.07, 6.45) is 1.35. The number of aromatic amines is 1. The number of rotatable bonds is 3. The van der Waals surface area contributed by atoms with Crippen LogP contribution >= 0.6 is 0 Å². The summed E-state index contributed by atoms with van der Waals surface area (Å²) >= 11 is 0. The van der Waals surface area contributed by atoms with Gasteiger partial charge in [0.1, 0.15) is 12.9 Å². The summed E-state index contributed by atoms with van der Waals surface area (Å²) in [5, 5.41) is 5.99. The number of nitrogens with one attached hydrogen (secondary N) is 1. The maximum absolute atomic E-state index is 12.7. The van der Waals surface area contributed by atoms with E-state index in [4.69, 9.17) is 0 Å². The third-order valence-corrected chi connectivity index (χ3v) is 4.67. The van der Waals surface area contributed by atoms with Crippen molar-refractivity contribution in [3.8, 4) is 0 Å². The normalized spacial score (nSPS) is 16.5. The van der Waals surface area contributed by atoms with Crippen LogP contribution in [0.25, 0.3) is 0 Å². The van der Waals surface area contributed by atoms with E-state index >= 15 is 0 Å². The number of H-pyrrole nitrogens is 1. The summed E-state index contributed by atoms with van der Waals surface area (Å²) in [5.41, 5.74) is 3.23. The molecule has 2 aromatic carbocycles. The van der Waals surface area contributed by atoms with Crippen LogP contribution in [0.2, 0.25) is 0 Å². The number of carbonyl (C=O) groups is 1. The summed E-state index contributed by atoms with van der Waals surface area (Å²) in [7, 11) is 0. The molecule has 0 fully saturated rings. The summed E-state index contributed by atoms with van der Waals surface area (Å²) < 4.78 is 1.29. The average molecular weight is 334 g/mol. The molecular formula is C19H18N4O2. The Hall–Kier alpha value is -3.15. The largest absolute Gasteiger partial charge is 0.343 e. The van der Waals surface area contributed by atoms with Crippen molar-refractivity contribution in [2.24, 2.45) is 0 Å². The van der Waals surface area contributed by atoms with Gasteiger partial charge >= 0.3 is 5.69 Å². The van der Waals surface area contributed by atoms with Crippen molar-refractivity contribution < 1.29 is 4.79 Å². The first kappa shape index (κ1) is 15.4. The first-order chi connectivity index (χ1) is 12.2. The van der Waals surface area contributed by atoms with Crippen LogP contribution in [-0.2, 0) is 17.9 Å². The SMILES string of the molecule is O=C(Cn1cn[nH]c1=O)N1Cc2ccccc2[C@@H](c2ccccc2)C1. The van der Waals surface area contributed by atoms with Gasteiger partial charge in [0, 0.05) is 19.0 Å². The Morgan fingerprint density at radius 1 is 1.12 bits per heavy atom. The molecule has 1 atom stereocenters. The molecule has 1 aromatic heterocycles. The van der Waals surface area contributed by atoms with Crippen molar-refractivity contribution in [3.05, 3.63) is 88.1 Å². The number of hydrogen-bond donors (Lipinski definition) is 1. The molecule has 0 saturated heterocycles. The van der Waals surface area contributed by atoms with E-state index < -0.39 is 0 Å². The van der Waals surface area contributed by atoms with Crippen molar-refractivity contribution in [2.45, 2.75) is 19.0 Å². The van der Waals surface area contributed by atoms with Gasteiger partial charge in [-0.15, -0.1) is 0 Å². The fourth-order valence-corrected chi connectivity index (χ4v) is 3.40. The Labute approximate surface area is 144 Å². The van der Waals surface area contributed by atoms with Crippen LogP contribution in [0.1, 0.15) is 22.6 Å². The van der Waals surface area contributed by atoms with Gasteiger partial charge in [-0.3, -0.25) is 9.36 Å². The summed E-state index contributed by atoms with van der Waals surface area (Å²) in [6, 6.07) is 18.4. The van der Waals surface area contributed by atoms with Crippen molar-refractivity contribution in [1.29, 1.82) is 0 Å². The van der Waals surface area contributed by atoms with Gasteiger partial charge in [0.25, 0.3) is 0 Å². The summed E-state index contributed by atoms with van der Waals surface area (Å²) in [6.45, 7) is 1.16.